The van der Waals surface area contributed by atoms with Gasteiger partial charge in [0.05, 0.1) is 10.6 Å². The van der Waals surface area contributed by atoms with E-state index < -0.39 is 5.78 Å². The highest BCUT2D eigenvalue weighted by Crippen LogP contribution is 2.33. The first-order valence-electron chi connectivity index (χ1n) is 4.20. The van der Waals surface area contributed by atoms with Gasteiger partial charge in [0.1, 0.15) is 6.11 Å². The maximum Gasteiger partial charge on any atom is 0.242 e. The largest absolute Gasteiger partial charge is 0.462 e. The number of thiophene rings is 1. The molecule has 0 aliphatic heterocycles. The van der Waals surface area contributed by atoms with Crippen LogP contribution in [-0.2, 0) is 0 Å². The van der Waals surface area contributed by atoms with Crippen molar-refractivity contribution in [2.75, 3.05) is 5.73 Å². The highest BCUT2D eigenvalue weighted by atomic mass is 32.1. The van der Waals surface area contributed by atoms with Gasteiger partial charge in [0.25, 0.3) is 0 Å². The van der Waals surface area contributed by atoms with Crippen molar-refractivity contribution < 1.29 is 9.90 Å². The summed E-state index contributed by atoms with van der Waals surface area (Å²) in [6.07, 6.45) is 1.60. The zero-order chi connectivity index (χ0) is 10.8. The van der Waals surface area contributed by atoms with Crippen molar-refractivity contribution in [3.8, 4) is 12.0 Å². The van der Waals surface area contributed by atoms with Crippen LogP contribution in [0.4, 0.5) is 5.00 Å². The summed E-state index contributed by atoms with van der Waals surface area (Å²) >= 11 is 1.34. The number of ketones is 1. The van der Waals surface area contributed by atoms with Crippen LogP contribution in [0.3, 0.4) is 0 Å². The Hall–Kier alpha value is -1.99. The van der Waals surface area contributed by atoms with E-state index in [4.69, 9.17) is 10.8 Å². The quantitative estimate of drug-likeness (QED) is 0.567. The Balaban J connectivity index is 2.72. The molecule has 1 heterocycles. The monoisotopic (exact) mass is 217 g/mol. The Labute approximate surface area is 90.1 Å². The summed E-state index contributed by atoms with van der Waals surface area (Å²) in [6, 6.07) is 7.41. The Morgan fingerprint density at radius 1 is 1.40 bits per heavy atom. The lowest BCUT2D eigenvalue weighted by molar-refractivity contribution is 0.105. The Morgan fingerprint density at radius 2 is 2.13 bits per heavy atom. The number of aliphatic hydroxyl groups is 1. The molecule has 4 heteroatoms. The molecule has 0 fully saturated rings. The van der Waals surface area contributed by atoms with E-state index in [9.17, 15) is 4.79 Å². The molecule has 0 saturated heterocycles. The molecule has 2 aromatic rings. The molecule has 0 saturated carbocycles. The number of anilines is 1. The van der Waals surface area contributed by atoms with E-state index in [1.54, 1.807) is 6.11 Å². The molecule has 0 amide bonds. The number of nitrogens with two attached hydrogens (primary N) is 1. The van der Waals surface area contributed by atoms with Crippen molar-refractivity contribution in [2.24, 2.45) is 0 Å². The van der Waals surface area contributed by atoms with Crippen LogP contribution >= 0.6 is 11.3 Å². The molecule has 0 bridgehead atoms. The average Bonchev–Trinajstić information content (AvgIpc) is 2.54. The molecule has 0 unspecified atom stereocenters. The first kappa shape index (κ1) is 9.56. The fourth-order valence-electron chi connectivity index (χ4n) is 1.41. The lowest BCUT2D eigenvalue weighted by Crippen LogP contribution is -1.97. The molecular weight excluding hydrogens is 210 g/mol. The Morgan fingerprint density at radius 3 is 2.87 bits per heavy atom. The predicted octanol–water partition coefficient (Wildman–Crippen LogP) is 2.00. The number of fused-ring (bicyclic) bond motifs is 1. The second kappa shape index (κ2) is 3.64. The fourth-order valence-corrected chi connectivity index (χ4v) is 2.38. The van der Waals surface area contributed by atoms with Gasteiger partial charge >= 0.3 is 0 Å². The summed E-state index contributed by atoms with van der Waals surface area (Å²) < 4.78 is 0.943. The number of Topliss-reactive ketones (excluding diaryl/α,β-unsaturated/α-hetero) is 1. The van der Waals surface area contributed by atoms with Gasteiger partial charge in [0.2, 0.25) is 5.78 Å². The molecule has 3 N–H and O–H groups in total. The van der Waals surface area contributed by atoms with Gasteiger partial charge in [-0.3, -0.25) is 4.79 Å². The normalized spacial score (nSPS) is 9.60. The number of nitrogen functional groups attached to an aromatic ring is 1. The van der Waals surface area contributed by atoms with Crippen molar-refractivity contribution in [1.29, 1.82) is 0 Å². The molecular formula is C11H7NO2S. The van der Waals surface area contributed by atoms with E-state index in [2.05, 4.69) is 5.92 Å². The summed E-state index contributed by atoms with van der Waals surface area (Å²) in [5.74, 6) is 1.62. The van der Waals surface area contributed by atoms with Crippen LogP contribution in [0.5, 0.6) is 0 Å². The van der Waals surface area contributed by atoms with Crippen molar-refractivity contribution >= 4 is 32.2 Å². The molecule has 0 aliphatic rings. The van der Waals surface area contributed by atoms with Gasteiger partial charge in [-0.25, -0.2) is 0 Å². The van der Waals surface area contributed by atoms with Gasteiger partial charge < -0.3 is 10.8 Å². The molecule has 0 aliphatic carbocycles. The Bertz CT molecular complexity index is 589. The van der Waals surface area contributed by atoms with Crippen LogP contribution in [-0.4, -0.2) is 10.9 Å². The first-order chi connectivity index (χ1) is 7.24. The summed E-state index contributed by atoms with van der Waals surface area (Å²) in [6.45, 7) is 0. The van der Waals surface area contributed by atoms with E-state index >= 15 is 0 Å². The van der Waals surface area contributed by atoms with Crippen LogP contribution in [0.15, 0.2) is 24.3 Å². The second-order valence-corrected chi connectivity index (χ2v) is 3.99. The summed E-state index contributed by atoms with van der Waals surface area (Å²) in [7, 11) is 0. The minimum Gasteiger partial charge on any atom is -0.462 e. The molecule has 0 atom stereocenters. The minimum absolute atomic E-state index is 0.386. The lowest BCUT2D eigenvalue weighted by atomic mass is 10.1. The number of carbonyl (C=O) groups is 1. The van der Waals surface area contributed by atoms with E-state index in [0.29, 0.717) is 10.6 Å². The fraction of sp³-hybridized carbons (Fsp3) is 0. The Kier molecular flexibility index (Phi) is 2.32. The van der Waals surface area contributed by atoms with Gasteiger partial charge in [-0.15, -0.1) is 11.3 Å². The van der Waals surface area contributed by atoms with Crippen LogP contribution in [0.25, 0.3) is 10.1 Å². The van der Waals surface area contributed by atoms with Crippen molar-refractivity contribution in [3.63, 3.8) is 0 Å². The molecule has 3 nitrogen and oxygen atoms in total. The first-order valence-corrected chi connectivity index (χ1v) is 5.02. The third kappa shape index (κ3) is 1.53. The molecule has 2 rings (SSSR count). The number of hydrogen-bond acceptors (Lipinski definition) is 4. The second-order valence-electron chi connectivity index (χ2n) is 2.90. The molecule has 0 radical (unpaired) electrons. The van der Waals surface area contributed by atoms with Crippen molar-refractivity contribution in [1.82, 2.24) is 0 Å². The predicted molar refractivity (Wildman–Crippen MR) is 60.3 cm³/mol. The maximum absolute atomic E-state index is 11.5. The maximum atomic E-state index is 11.5. The summed E-state index contributed by atoms with van der Waals surface area (Å²) in [5.41, 5.74) is 6.12. The van der Waals surface area contributed by atoms with Gasteiger partial charge in [-0.1, -0.05) is 18.2 Å². The lowest BCUT2D eigenvalue weighted by Gasteiger charge is -1.92. The topological polar surface area (TPSA) is 63.3 Å². The van der Waals surface area contributed by atoms with Crippen LogP contribution < -0.4 is 5.73 Å². The van der Waals surface area contributed by atoms with Crippen LogP contribution in [0.2, 0.25) is 0 Å². The van der Waals surface area contributed by atoms with Gasteiger partial charge in [0.15, 0.2) is 0 Å². The molecule has 15 heavy (non-hydrogen) atoms. The highest BCUT2D eigenvalue weighted by Gasteiger charge is 2.14. The SMILES string of the molecule is Nc1sc2ccccc2c1C(=O)C#CO. The van der Waals surface area contributed by atoms with Gasteiger partial charge in [-0.05, 0) is 6.07 Å². The average molecular weight is 217 g/mol. The number of carbonyl (C=O) groups excluding carboxylic acids is 1. The van der Waals surface area contributed by atoms with Crippen molar-refractivity contribution in [3.05, 3.63) is 29.8 Å². The minimum atomic E-state index is -0.451. The third-order valence-corrected chi connectivity index (χ3v) is 3.02. The van der Waals surface area contributed by atoms with E-state index in [0.717, 1.165) is 10.1 Å². The molecule has 74 valence electrons. The number of hydrogen-bond donors (Lipinski definition) is 2. The van der Waals surface area contributed by atoms with E-state index in [1.165, 1.54) is 11.3 Å². The highest BCUT2D eigenvalue weighted by molar-refractivity contribution is 7.23. The van der Waals surface area contributed by atoms with Crippen LogP contribution in [0, 0.1) is 12.0 Å². The van der Waals surface area contributed by atoms with E-state index in [1.807, 2.05) is 24.3 Å². The van der Waals surface area contributed by atoms with E-state index in [-0.39, 0.29) is 0 Å². The number of benzene rings is 1. The van der Waals surface area contributed by atoms with Gasteiger partial charge in [0, 0.05) is 16.0 Å². The summed E-state index contributed by atoms with van der Waals surface area (Å²) in [4.78, 5) is 11.5. The number of aliphatic hydroxyl groups excluding tert-OH is 1. The molecule has 0 spiro atoms. The number of rotatable bonds is 1. The molecule has 1 aromatic heterocycles. The zero-order valence-electron chi connectivity index (χ0n) is 7.65. The third-order valence-electron chi connectivity index (χ3n) is 2.02. The van der Waals surface area contributed by atoms with Gasteiger partial charge in [-0.2, -0.15) is 0 Å². The van der Waals surface area contributed by atoms with Crippen molar-refractivity contribution in [2.45, 2.75) is 0 Å². The smallest absolute Gasteiger partial charge is 0.242 e. The molecule has 1 aromatic carbocycles. The zero-order valence-corrected chi connectivity index (χ0v) is 8.47. The van der Waals surface area contributed by atoms with Crippen LogP contribution in [0.1, 0.15) is 10.4 Å². The standard InChI is InChI=1S/C11H7NO2S/c12-11-10(8(14)5-6-13)7-3-1-2-4-9(7)15-11/h1-4,13H,12H2. The summed E-state index contributed by atoms with van der Waals surface area (Å²) in [5, 5.41) is 9.60.